The zero-order valence-electron chi connectivity index (χ0n) is 14.6. The molecule has 136 valence electrons. The van der Waals surface area contributed by atoms with E-state index >= 15 is 0 Å². The Bertz CT molecular complexity index is 638. The van der Waals surface area contributed by atoms with Crippen LogP contribution in [-0.2, 0) is 19.1 Å². The molecule has 0 aliphatic carbocycles. The number of aryl methyl sites for hydroxylation is 1. The molecule has 0 aromatic heterocycles. The number of ether oxygens (including phenoxy) is 2. The summed E-state index contributed by atoms with van der Waals surface area (Å²) in [6.45, 7) is 4.06. The molecule has 1 aromatic rings. The Morgan fingerprint density at radius 2 is 1.96 bits per heavy atom. The minimum atomic E-state index is -0.810. The van der Waals surface area contributed by atoms with E-state index in [0.717, 1.165) is 5.56 Å². The number of hydrogen-bond acceptors (Lipinski definition) is 5. The number of nitrogens with two attached hydrogens (primary N) is 1. The molecule has 25 heavy (non-hydrogen) atoms. The summed E-state index contributed by atoms with van der Waals surface area (Å²) >= 11 is 0. The fourth-order valence-electron chi connectivity index (χ4n) is 2.70. The molecule has 2 amide bonds. The molecule has 0 saturated carbocycles. The van der Waals surface area contributed by atoms with E-state index in [4.69, 9.17) is 15.2 Å². The Hall–Kier alpha value is -2.57. The number of likely N-dealkylation sites (tertiary alicyclic amines) is 1. The summed E-state index contributed by atoms with van der Waals surface area (Å²) in [5, 5.41) is 0. The van der Waals surface area contributed by atoms with Gasteiger partial charge in [0.05, 0.1) is 0 Å². The van der Waals surface area contributed by atoms with Crippen LogP contribution in [0.3, 0.4) is 0 Å². The van der Waals surface area contributed by atoms with E-state index in [9.17, 15) is 14.4 Å². The molecule has 1 aliphatic heterocycles. The first-order valence-electron chi connectivity index (χ1n) is 8.34. The molecular weight excluding hydrogens is 324 g/mol. The number of piperidine rings is 1. The van der Waals surface area contributed by atoms with Gasteiger partial charge >= 0.3 is 5.97 Å². The van der Waals surface area contributed by atoms with Gasteiger partial charge in [0.2, 0.25) is 5.91 Å². The highest BCUT2D eigenvalue weighted by atomic mass is 16.6. The average Bonchev–Trinajstić information content (AvgIpc) is 2.59. The van der Waals surface area contributed by atoms with Crippen molar-refractivity contribution in [1.29, 1.82) is 0 Å². The minimum Gasteiger partial charge on any atom is -0.479 e. The third kappa shape index (κ3) is 5.48. The molecule has 0 radical (unpaired) electrons. The monoisotopic (exact) mass is 348 g/mol. The lowest BCUT2D eigenvalue weighted by Gasteiger charge is -2.30. The Labute approximate surface area is 147 Å². The lowest BCUT2D eigenvalue weighted by molar-refractivity contribution is -0.157. The van der Waals surface area contributed by atoms with Crippen LogP contribution in [0.4, 0.5) is 0 Å². The van der Waals surface area contributed by atoms with Crippen LogP contribution in [0.25, 0.3) is 0 Å². The summed E-state index contributed by atoms with van der Waals surface area (Å²) in [6, 6.07) is 7.33. The predicted molar refractivity (Wildman–Crippen MR) is 90.7 cm³/mol. The van der Waals surface area contributed by atoms with Gasteiger partial charge in [-0.15, -0.1) is 0 Å². The van der Waals surface area contributed by atoms with Crippen molar-refractivity contribution >= 4 is 17.8 Å². The third-order valence-electron chi connectivity index (χ3n) is 4.22. The number of nitrogens with zero attached hydrogens (tertiary/aromatic N) is 1. The van der Waals surface area contributed by atoms with Gasteiger partial charge in [-0.2, -0.15) is 0 Å². The van der Waals surface area contributed by atoms with Crippen molar-refractivity contribution in [3.8, 4) is 5.75 Å². The maximum Gasteiger partial charge on any atom is 0.347 e. The van der Waals surface area contributed by atoms with Gasteiger partial charge in [-0.1, -0.05) is 12.1 Å². The van der Waals surface area contributed by atoms with Crippen LogP contribution in [0.5, 0.6) is 5.75 Å². The second-order valence-electron chi connectivity index (χ2n) is 6.24. The van der Waals surface area contributed by atoms with Gasteiger partial charge in [0, 0.05) is 19.0 Å². The number of rotatable bonds is 6. The highest BCUT2D eigenvalue weighted by Crippen LogP contribution is 2.17. The SMILES string of the molecule is Cc1cccc(O[C@H](C)C(=O)OCC(=O)N2CCC(C(N)=O)CC2)c1. The van der Waals surface area contributed by atoms with Crippen LogP contribution in [-0.4, -0.2) is 48.5 Å². The molecule has 1 aromatic carbocycles. The van der Waals surface area contributed by atoms with Gasteiger partial charge in [0.25, 0.3) is 5.91 Å². The van der Waals surface area contributed by atoms with Crippen molar-refractivity contribution < 1.29 is 23.9 Å². The first-order chi connectivity index (χ1) is 11.9. The quantitative estimate of drug-likeness (QED) is 0.774. The molecule has 2 rings (SSSR count). The average molecular weight is 348 g/mol. The molecule has 1 aliphatic rings. The van der Waals surface area contributed by atoms with Gasteiger partial charge in [-0.05, 0) is 44.4 Å². The number of hydrogen-bond donors (Lipinski definition) is 1. The van der Waals surface area contributed by atoms with Crippen LogP contribution in [0.15, 0.2) is 24.3 Å². The second kappa shape index (κ2) is 8.50. The van der Waals surface area contributed by atoms with E-state index < -0.39 is 12.1 Å². The summed E-state index contributed by atoms with van der Waals surface area (Å²) in [5.41, 5.74) is 6.29. The topological polar surface area (TPSA) is 98.9 Å². The highest BCUT2D eigenvalue weighted by molar-refractivity contribution is 5.82. The number of amides is 2. The largest absolute Gasteiger partial charge is 0.479 e. The maximum absolute atomic E-state index is 12.1. The Morgan fingerprint density at radius 1 is 1.28 bits per heavy atom. The molecule has 1 atom stereocenters. The van der Waals surface area contributed by atoms with Crippen LogP contribution in [0.2, 0.25) is 0 Å². The Kier molecular flexibility index (Phi) is 6.38. The predicted octanol–water partition coefficient (Wildman–Crippen LogP) is 1.03. The fraction of sp³-hybridized carbons (Fsp3) is 0.500. The van der Waals surface area contributed by atoms with E-state index in [2.05, 4.69) is 0 Å². The summed E-state index contributed by atoms with van der Waals surface area (Å²) in [5.74, 6) is -0.819. The van der Waals surface area contributed by atoms with E-state index in [1.807, 2.05) is 25.1 Å². The molecule has 1 heterocycles. The van der Waals surface area contributed by atoms with Crippen molar-refractivity contribution in [2.45, 2.75) is 32.8 Å². The minimum absolute atomic E-state index is 0.186. The molecule has 1 fully saturated rings. The molecular formula is C18H24N2O5. The lowest BCUT2D eigenvalue weighted by Crippen LogP contribution is -2.43. The molecule has 0 unspecified atom stereocenters. The summed E-state index contributed by atoms with van der Waals surface area (Å²) in [7, 11) is 0. The van der Waals surface area contributed by atoms with E-state index in [1.54, 1.807) is 17.9 Å². The van der Waals surface area contributed by atoms with Crippen molar-refractivity contribution in [1.82, 2.24) is 4.90 Å². The molecule has 0 spiro atoms. The summed E-state index contributed by atoms with van der Waals surface area (Å²) in [4.78, 5) is 36.8. The highest BCUT2D eigenvalue weighted by Gasteiger charge is 2.27. The van der Waals surface area contributed by atoms with E-state index in [-0.39, 0.29) is 24.3 Å². The summed E-state index contributed by atoms with van der Waals surface area (Å²) in [6.07, 6.45) is 0.277. The van der Waals surface area contributed by atoms with Gasteiger partial charge in [0.15, 0.2) is 12.7 Å². The van der Waals surface area contributed by atoms with Gasteiger partial charge in [-0.25, -0.2) is 4.79 Å². The first-order valence-corrected chi connectivity index (χ1v) is 8.34. The van der Waals surface area contributed by atoms with Crippen LogP contribution < -0.4 is 10.5 Å². The lowest BCUT2D eigenvalue weighted by atomic mass is 9.96. The zero-order valence-corrected chi connectivity index (χ0v) is 14.6. The van der Waals surface area contributed by atoms with Crippen LogP contribution in [0, 0.1) is 12.8 Å². The van der Waals surface area contributed by atoms with Gasteiger partial charge in [0.1, 0.15) is 5.75 Å². The van der Waals surface area contributed by atoms with Crippen molar-refractivity contribution in [3.63, 3.8) is 0 Å². The third-order valence-corrected chi connectivity index (χ3v) is 4.22. The van der Waals surface area contributed by atoms with E-state index in [0.29, 0.717) is 31.7 Å². The maximum atomic E-state index is 12.1. The van der Waals surface area contributed by atoms with Crippen molar-refractivity contribution in [2.24, 2.45) is 11.7 Å². The molecule has 1 saturated heterocycles. The smallest absolute Gasteiger partial charge is 0.347 e. The van der Waals surface area contributed by atoms with Crippen LogP contribution in [0.1, 0.15) is 25.3 Å². The Morgan fingerprint density at radius 3 is 2.56 bits per heavy atom. The summed E-state index contributed by atoms with van der Waals surface area (Å²) < 4.78 is 10.6. The van der Waals surface area contributed by atoms with Gasteiger partial charge in [-0.3, -0.25) is 9.59 Å². The van der Waals surface area contributed by atoms with Gasteiger partial charge < -0.3 is 20.1 Å². The number of primary amides is 1. The van der Waals surface area contributed by atoms with Crippen molar-refractivity contribution in [3.05, 3.63) is 29.8 Å². The Balaban J connectivity index is 1.75. The number of benzene rings is 1. The normalized spacial score (nSPS) is 16.2. The van der Waals surface area contributed by atoms with Crippen LogP contribution >= 0.6 is 0 Å². The first kappa shape index (κ1) is 18.8. The van der Waals surface area contributed by atoms with Crippen molar-refractivity contribution in [2.75, 3.05) is 19.7 Å². The molecule has 7 heteroatoms. The molecule has 7 nitrogen and oxygen atoms in total. The molecule has 0 bridgehead atoms. The number of carbonyl (C=O) groups is 3. The molecule has 2 N–H and O–H groups in total. The number of esters is 1. The number of carbonyl (C=O) groups excluding carboxylic acids is 3. The standard InChI is InChI=1S/C18H24N2O5/c1-12-4-3-5-15(10-12)25-13(2)18(23)24-11-16(21)20-8-6-14(7-9-20)17(19)22/h3-5,10,13-14H,6-9,11H2,1-2H3,(H2,19,22)/t13-/m1/s1. The second-order valence-corrected chi connectivity index (χ2v) is 6.24. The fourth-order valence-corrected chi connectivity index (χ4v) is 2.70. The van der Waals surface area contributed by atoms with E-state index in [1.165, 1.54) is 0 Å². The zero-order chi connectivity index (χ0) is 18.4.